The number of benzene rings is 1. The lowest BCUT2D eigenvalue weighted by Crippen LogP contribution is -2.06. The van der Waals surface area contributed by atoms with Gasteiger partial charge in [-0.05, 0) is 24.6 Å². The van der Waals surface area contributed by atoms with Crippen molar-refractivity contribution < 1.29 is 0 Å². The van der Waals surface area contributed by atoms with E-state index in [1.54, 1.807) is 12.1 Å². The number of nitrogens with one attached hydrogen (secondary N) is 2. The molecular formula is C14H13BrClN5. The molecule has 2 N–H and O–H groups in total. The first-order valence-electron chi connectivity index (χ1n) is 6.37. The van der Waals surface area contributed by atoms with Gasteiger partial charge in [0.25, 0.3) is 0 Å². The summed E-state index contributed by atoms with van der Waals surface area (Å²) in [7, 11) is 0. The molecule has 1 aromatic heterocycles. The molecule has 0 fully saturated rings. The average Bonchev–Trinajstić information content (AvgIpc) is 2.49. The lowest BCUT2D eigenvalue weighted by Gasteiger charge is -2.11. The van der Waals surface area contributed by atoms with Crippen LogP contribution in [0.2, 0.25) is 5.02 Å². The van der Waals surface area contributed by atoms with Crippen molar-refractivity contribution in [1.82, 2.24) is 9.97 Å². The number of nitriles is 1. The van der Waals surface area contributed by atoms with Gasteiger partial charge >= 0.3 is 0 Å². The zero-order chi connectivity index (χ0) is 15.2. The van der Waals surface area contributed by atoms with E-state index in [0.717, 1.165) is 17.4 Å². The van der Waals surface area contributed by atoms with Crippen molar-refractivity contribution in [1.29, 1.82) is 5.26 Å². The Morgan fingerprint density at radius 2 is 2.24 bits per heavy atom. The highest BCUT2D eigenvalue weighted by Gasteiger charge is 2.09. The Hall–Kier alpha value is -1.84. The molecule has 2 rings (SSSR count). The van der Waals surface area contributed by atoms with Crippen LogP contribution in [0, 0.1) is 11.3 Å². The van der Waals surface area contributed by atoms with Gasteiger partial charge < -0.3 is 10.6 Å². The lowest BCUT2D eigenvalue weighted by atomic mass is 10.2. The predicted molar refractivity (Wildman–Crippen MR) is 88.0 cm³/mol. The molecule has 0 aliphatic heterocycles. The fourth-order valence-electron chi connectivity index (χ4n) is 1.62. The molecule has 0 aliphatic rings. The highest BCUT2D eigenvalue weighted by molar-refractivity contribution is 9.10. The summed E-state index contributed by atoms with van der Waals surface area (Å²) in [4.78, 5) is 8.42. The molecule has 7 heteroatoms. The molecule has 21 heavy (non-hydrogen) atoms. The molecular weight excluding hydrogens is 354 g/mol. The Kier molecular flexibility index (Phi) is 5.37. The number of hydrogen-bond donors (Lipinski definition) is 2. The molecule has 0 radical (unpaired) electrons. The number of halogens is 2. The van der Waals surface area contributed by atoms with Gasteiger partial charge in [-0.3, -0.25) is 0 Å². The largest absolute Gasteiger partial charge is 0.354 e. The summed E-state index contributed by atoms with van der Waals surface area (Å²) in [5.74, 6) is 0.962. The third-order valence-corrected chi connectivity index (χ3v) is 3.40. The van der Waals surface area contributed by atoms with Gasteiger partial charge in [0.05, 0.1) is 17.4 Å². The number of rotatable bonds is 5. The van der Waals surface area contributed by atoms with Crippen LogP contribution in [0.1, 0.15) is 18.9 Å². The lowest BCUT2D eigenvalue weighted by molar-refractivity contribution is 0.953. The van der Waals surface area contributed by atoms with E-state index in [-0.39, 0.29) is 0 Å². The predicted octanol–water partition coefficient (Wildman–Crippen LogP) is 4.33. The fraction of sp³-hybridized carbons (Fsp3) is 0.214. The van der Waals surface area contributed by atoms with E-state index in [9.17, 15) is 5.26 Å². The maximum atomic E-state index is 9.17. The maximum absolute atomic E-state index is 9.17. The van der Waals surface area contributed by atoms with Crippen molar-refractivity contribution in [3.05, 3.63) is 39.5 Å². The van der Waals surface area contributed by atoms with Crippen LogP contribution in [-0.2, 0) is 0 Å². The molecule has 108 valence electrons. The molecule has 0 saturated carbocycles. The Balaban J connectivity index is 2.29. The molecule has 0 saturated heterocycles. The maximum Gasteiger partial charge on any atom is 0.224 e. The Labute approximate surface area is 136 Å². The van der Waals surface area contributed by atoms with Crippen LogP contribution in [0.15, 0.2) is 28.9 Å². The van der Waals surface area contributed by atoms with Crippen LogP contribution in [0.4, 0.5) is 17.5 Å². The first-order valence-corrected chi connectivity index (χ1v) is 7.54. The molecule has 0 aliphatic carbocycles. The minimum absolute atomic E-state index is 0.392. The van der Waals surface area contributed by atoms with Crippen LogP contribution in [0.3, 0.4) is 0 Å². The van der Waals surface area contributed by atoms with Crippen molar-refractivity contribution in [3.63, 3.8) is 0 Å². The first kappa shape index (κ1) is 15.5. The van der Waals surface area contributed by atoms with Crippen molar-refractivity contribution in [2.75, 3.05) is 17.2 Å². The van der Waals surface area contributed by atoms with Gasteiger partial charge in [-0.25, -0.2) is 4.98 Å². The van der Waals surface area contributed by atoms with Gasteiger partial charge in [0.1, 0.15) is 11.1 Å². The fourth-order valence-corrected chi connectivity index (χ4v) is 2.12. The summed E-state index contributed by atoms with van der Waals surface area (Å²) in [6.45, 7) is 2.84. The van der Waals surface area contributed by atoms with E-state index in [1.165, 1.54) is 6.20 Å². The van der Waals surface area contributed by atoms with Gasteiger partial charge in [0.2, 0.25) is 5.95 Å². The zero-order valence-corrected chi connectivity index (χ0v) is 13.7. The standard InChI is InChI=1S/C14H13BrClN5/c1-2-5-18-14-19-8-11(16)13(21-14)20-12-4-3-10(15)6-9(12)7-17/h3-4,6,8H,2,5H2,1H3,(H2,18,19,20,21). The topological polar surface area (TPSA) is 73.6 Å². The summed E-state index contributed by atoms with van der Waals surface area (Å²) in [6.07, 6.45) is 2.50. The van der Waals surface area contributed by atoms with Gasteiger partial charge in [0, 0.05) is 11.0 Å². The minimum atomic E-state index is 0.392. The molecule has 1 heterocycles. The zero-order valence-electron chi connectivity index (χ0n) is 11.3. The third kappa shape index (κ3) is 4.06. The number of anilines is 3. The number of aromatic nitrogens is 2. The molecule has 0 amide bonds. The van der Waals surface area contributed by atoms with Crippen LogP contribution >= 0.6 is 27.5 Å². The highest BCUT2D eigenvalue weighted by atomic mass is 79.9. The summed E-state index contributed by atoms with van der Waals surface area (Å²) in [5, 5.41) is 15.7. The van der Waals surface area contributed by atoms with Crippen LogP contribution in [-0.4, -0.2) is 16.5 Å². The normalized spacial score (nSPS) is 10.0. The minimum Gasteiger partial charge on any atom is -0.354 e. The van der Waals surface area contributed by atoms with E-state index in [0.29, 0.717) is 28.0 Å². The van der Waals surface area contributed by atoms with Gasteiger partial charge in [-0.15, -0.1) is 0 Å². The average molecular weight is 367 g/mol. The second kappa shape index (κ2) is 7.25. The number of nitrogens with zero attached hydrogens (tertiary/aromatic N) is 3. The Morgan fingerprint density at radius 1 is 1.43 bits per heavy atom. The van der Waals surface area contributed by atoms with E-state index in [4.69, 9.17) is 11.6 Å². The second-order valence-corrected chi connectivity index (χ2v) is 5.57. The van der Waals surface area contributed by atoms with Crippen LogP contribution < -0.4 is 10.6 Å². The second-order valence-electron chi connectivity index (χ2n) is 4.24. The third-order valence-electron chi connectivity index (χ3n) is 2.63. The molecule has 0 spiro atoms. The van der Waals surface area contributed by atoms with E-state index < -0.39 is 0 Å². The molecule has 0 unspecified atom stereocenters. The monoisotopic (exact) mass is 365 g/mol. The number of hydrogen-bond acceptors (Lipinski definition) is 5. The first-order chi connectivity index (χ1) is 10.1. The van der Waals surface area contributed by atoms with Crippen LogP contribution in [0.25, 0.3) is 0 Å². The van der Waals surface area contributed by atoms with Gasteiger partial charge in [-0.2, -0.15) is 10.2 Å². The quantitative estimate of drug-likeness (QED) is 0.824. The smallest absolute Gasteiger partial charge is 0.224 e. The van der Waals surface area contributed by atoms with E-state index in [2.05, 4.69) is 49.5 Å². The summed E-state index contributed by atoms with van der Waals surface area (Å²) in [5.41, 5.74) is 1.14. The van der Waals surface area contributed by atoms with Gasteiger partial charge in [0.15, 0.2) is 5.82 Å². The molecule has 0 atom stereocenters. The Bertz CT molecular complexity index is 684. The SMILES string of the molecule is CCCNc1ncc(Cl)c(Nc2ccc(Br)cc2C#N)n1. The summed E-state index contributed by atoms with van der Waals surface area (Å²) < 4.78 is 0.837. The van der Waals surface area contributed by atoms with Crippen molar-refractivity contribution in [2.24, 2.45) is 0 Å². The van der Waals surface area contributed by atoms with Gasteiger partial charge in [-0.1, -0.05) is 34.5 Å². The van der Waals surface area contributed by atoms with Crippen molar-refractivity contribution in [2.45, 2.75) is 13.3 Å². The van der Waals surface area contributed by atoms with E-state index in [1.807, 2.05) is 6.07 Å². The Morgan fingerprint density at radius 3 is 2.95 bits per heavy atom. The van der Waals surface area contributed by atoms with Crippen molar-refractivity contribution in [3.8, 4) is 6.07 Å². The summed E-state index contributed by atoms with van der Waals surface area (Å²) >= 11 is 9.44. The molecule has 1 aromatic carbocycles. The van der Waals surface area contributed by atoms with Crippen LogP contribution in [0.5, 0.6) is 0 Å². The van der Waals surface area contributed by atoms with E-state index >= 15 is 0 Å². The molecule has 0 bridgehead atoms. The summed E-state index contributed by atoms with van der Waals surface area (Å²) in [6, 6.07) is 7.49. The molecule has 5 nitrogen and oxygen atoms in total. The molecule has 2 aromatic rings. The van der Waals surface area contributed by atoms with Crippen molar-refractivity contribution >= 4 is 45.0 Å². The highest BCUT2D eigenvalue weighted by Crippen LogP contribution is 2.27.